The third-order valence-electron chi connectivity index (χ3n) is 4.14. The second kappa shape index (κ2) is 7.44. The molecule has 2 heteroatoms. The highest BCUT2D eigenvalue weighted by Gasteiger charge is 2.22. The van der Waals surface area contributed by atoms with Crippen molar-refractivity contribution in [3.05, 3.63) is 47.1 Å². The lowest BCUT2D eigenvalue weighted by Crippen LogP contribution is -2.21. The van der Waals surface area contributed by atoms with Crippen LogP contribution >= 0.6 is 0 Å². The normalized spacial score (nSPS) is 18.7. The average molecular weight is 297 g/mol. The summed E-state index contributed by atoms with van der Waals surface area (Å²) in [4.78, 5) is 14.7. The lowest BCUT2D eigenvalue weighted by Gasteiger charge is -2.20. The van der Waals surface area contributed by atoms with Crippen molar-refractivity contribution in [1.82, 2.24) is 0 Å². The van der Waals surface area contributed by atoms with Crippen LogP contribution in [0.25, 0.3) is 6.08 Å². The van der Waals surface area contributed by atoms with E-state index in [0.29, 0.717) is 5.92 Å². The highest BCUT2D eigenvalue weighted by atomic mass is 16.1. The molecule has 0 aliphatic heterocycles. The molecule has 1 aliphatic carbocycles. The van der Waals surface area contributed by atoms with E-state index in [0.717, 1.165) is 42.6 Å². The van der Waals surface area contributed by atoms with Crippen molar-refractivity contribution in [3.8, 4) is 0 Å². The van der Waals surface area contributed by atoms with E-state index in [1.807, 2.05) is 0 Å². The summed E-state index contributed by atoms with van der Waals surface area (Å²) in [6.07, 6.45) is 5.91. The van der Waals surface area contributed by atoms with Crippen LogP contribution in [-0.2, 0) is 4.79 Å². The van der Waals surface area contributed by atoms with E-state index in [-0.39, 0.29) is 5.78 Å². The third-order valence-corrected chi connectivity index (χ3v) is 4.14. The number of carbonyl (C=O) groups is 1. The Morgan fingerprint density at radius 3 is 2.18 bits per heavy atom. The van der Waals surface area contributed by atoms with Gasteiger partial charge in [0, 0.05) is 24.4 Å². The maximum atomic E-state index is 12.4. The molecule has 0 aromatic heterocycles. The largest absolute Gasteiger partial charge is 0.372 e. The summed E-state index contributed by atoms with van der Waals surface area (Å²) in [7, 11) is 0. The van der Waals surface area contributed by atoms with Crippen molar-refractivity contribution in [2.45, 2.75) is 40.5 Å². The Labute approximate surface area is 134 Å². The summed E-state index contributed by atoms with van der Waals surface area (Å²) < 4.78 is 0. The van der Waals surface area contributed by atoms with Gasteiger partial charge in [0.1, 0.15) is 0 Å². The topological polar surface area (TPSA) is 20.3 Å². The molecule has 0 amide bonds. The molecule has 1 aromatic carbocycles. The Bertz CT molecular complexity index is 574. The number of anilines is 1. The van der Waals surface area contributed by atoms with Gasteiger partial charge in [-0.1, -0.05) is 32.1 Å². The molecule has 0 bridgehead atoms. The lowest BCUT2D eigenvalue weighted by atomic mass is 10.1. The van der Waals surface area contributed by atoms with Crippen LogP contribution < -0.4 is 4.90 Å². The molecule has 0 heterocycles. The van der Waals surface area contributed by atoms with Gasteiger partial charge in [0.25, 0.3) is 0 Å². The van der Waals surface area contributed by atoms with Crippen LogP contribution in [0.3, 0.4) is 0 Å². The number of nitrogens with zero attached hydrogens (tertiary/aromatic N) is 1. The van der Waals surface area contributed by atoms with Gasteiger partial charge in [-0.3, -0.25) is 4.79 Å². The molecule has 2 nitrogen and oxygen atoms in total. The molecule has 0 unspecified atom stereocenters. The van der Waals surface area contributed by atoms with Gasteiger partial charge in [0.15, 0.2) is 5.78 Å². The first kappa shape index (κ1) is 16.5. The first-order valence-electron chi connectivity index (χ1n) is 8.36. The number of carbonyl (C=O) groups excluding carboxylic acids is 1. The van der Waals surface area contributed by atoms with Gasteiger partial charge in [-0.2, -0.15) is 0 Å². The van der Waals surface area contributed by atoms with Crippen LogP contribution in [0.2, 0.25) is 0 Å². The predicted octanol–water partition coefficient (Wildman–Crippen LogP) is 4.86. The SMILES string of the molecule is CCN(CC)c1ccc(/C=C2\CC/C(=C\C(C)C)C2=O)cc1. The average Bonchev–Trinajstić information content (AvgIpc) is 2.83. The summed E-state index contributed by atoms with van der Waals surface area (Å²) in [5.41, 5.74) is 4.29. The fourth-order valence-corrected chi connectivity index (χ4v) is 2.97. The number of hydrogen-bond acceptors (Lipinski definition) is 2. The lowest BCUT2D eigenvalue weighted by molar-refractivity contribution is -0.111. The van der Waals surface area contributed by atoms with Gasteiger partial charge in [0.05, 0.1) is 0 Å². The molecule has 1 saturated carbocycles. The van der Waals surface area contributed by atoms with Crippen LogP contribution in [0.15, 0.2) is 41.5 Å². The van der Waals surface area contributed by atoms with Crippen LogP contribution in [0, 0.1) is 5.92 Å². The summed E-state index contributed by atoms with van der Waals surface area (Å²) in [6, 6.07) is 8.50. The summed E-state index contributed by atoms with van der Waals surface area (Å²) in [5.74, 6) is 0.674. The molecule has 0 N–H and O–H groups in total. The minimum atomic E-state index is 0.238. The number of benzene rings is 1. The molecule has 1 aromatic rings. The third kappa shape index (κ3) is 3.88. The maximum Gasteiger partial charge on any atom is 0.184 e. The van der Waals surface area contributed by atoms with Gasteiger partial charge in [-0.15, -0.1) is 0 Å². The quantitative estimate of drug-likeness (QED) is 0.723. The zero-order valence-corrected chi connectivity index (χ0v) is 14.2. The smallest absolute Gasteiger partial charge is 0.184 e. The van der Waals surface area contributed by atoms with Crippen LogP contribution in [0.1, 0.15) is 46.1 Å². The van der Waals surface area contributed by atoms with E-state index in [9.17, 15) is 4.79 Å². The van der Waals surface area contributed by atoms with Gasteiger partial charge in [-0.25, -0.2) is 0 Å². The summed E-state index contributed by atoms with van der Waals surface area (Å²) in [6.45, 7) is 10.6. The molecule has 2 rings (SSSR count). The number of allylic oxidation sites excluding steroid dienone is 3. The van der Waals surface area contributed by atoms with Crippen molar-refractivity contribution < 1.29 is 4.79 Å². The van der Waals surface area contributed by atoms with Crippen molar-refractivity contribution in [2.75, 3.05) is 18.0 Å². The molecule has 118 valence electrons. The predicted molar refractivity (Wildman–Crippen MR) is 95.1 cm³/mol. The van der Waals surface area contributed by atoms with E-state index < -0.39 is 0 Å². The first-order chi connectivity index (χ1) is 10.5. The van der Waals surface area contributed by atoms with Gasteiger partial charge >= 0.3 is 0 Å². The Morgan fingerprint density at radius 2 is 1.64 bits per heavy atom. The van der Waals surface area contributed by atoms with E-state index in [4.69, 9.17) is 0 Å². The Balaban J connectivity index is 2.15. The van der Waals surface area contributed by atoms with Crippen molar-refractivity contribution in [2.24, 2.45) is 5.92 Å². The second-order valence-electron chi connectivity index (χ2n) is 6.20. The van der Waals surface area contributed by atoms with Crippen LogP contribution in [0.4, 0.5) is 5.69 Å². The van der Waals surface area contributed by atoms with Crippen molar-refractivity contribution in [3.63, 3.8) is 0 Å². The van der Waals surface area contributed by atoms with Gasteiger partial charge < -0.3 is 4.90 Å². The van der Waals surface area contributed by atoms with Crippen molar-refractivity contribution >= 4 is 17.5 Å². The molecular formula is C20H27NO. The van der Waals surface area contributed by atoms with E-state index >= 15 is 0 Å². The number of hydrogen-bond donors (Lipinski definition) is 0. The summed E-state index contributed by atoms with van der Waals surface area (Å²) in [5, 5.41) is 0. The van der Waals surface area contributed by atoms with E-state index in [1.54, 1.807) is 0 Å². The number of ketones is 1. The number of rotatable bonds is 5. The van der Waals surface area contributed by atoms with Crippen LogP contribution in [0.5, 0.6) is 0 Å². The monoisotopic (exact) mass is 297 g/mol. The summed E-state index contributed by atoms with van der Waals surface area (Å²) >= 11 is 0. The van der Waals surface area contributed by atoms with Gasteiger partial charge in [0.2, 0.25) is 0 Å². The molecule has 0 saturated heterocycles. The van der Waals surface area contributed by atoms with Crippen molar-refractivity contribution in [1.29, 1.82) is 0 Å². The molecule has 0 radical (unpaired) electrons. The fraction of sp³-hybridized carbons (Fsp3) is 0.450. The maximum absolute atomic E-state index is 12.4. The Hall–Kier alpha value is -1.83. The molecule has 0 atom stereocenters. The Morgan fingerprint density at radius 1 is 1.05 bits per heavy atom. The highest BCUT2D eigenvalue weighted by molar-refractivity contribution is 6.13. The fourth-order valence-electron chi connectivity index (χ4n) is 2.97. The molecule has 0 spiro atoms. The minimum Gasteiger partial charge on any atom is -0.372 e. The standard InChI is InChI=1S/C20H27NO/c1-5-21(6-2)19-11-7-16(8-12-19)14-18-10-9-17(20(18)22)13-15(3)4/h7-8,11-15H,5-6,9-10H2,1-4H3/b17-13+,18-14+. The number of Topliss-reactive ketones (excluding diaryl/α,β-unsaturated/α-hetero) is 1. The highest BCUT2D eigenvalue weighted by Crippen LogP contribution is 2.29. The van der Waals surface area contributed by atoms with Crippen LogP contribution in [-0.4, -0.2) is 18.9 Å². The first-order valence-corrected chi connectivity index (χ1v) is 8.36. The Kier molecular flexibility index (Phi) is 5.59. The molecule has 22 heavy (non-hydrogen) atoms. The second-order valence-corrected chi connectivity index (χ2v) is 6.20. The van der Waals surface area contributed by atoms with Gasteiger partial charge in [-0.05, 0) is 62.0 Å². The zero-order valence-electron chi connectivity index (χ0n) is 14.2. The van der Waals surface area contributed by atoms with E-state index in [2.05, 4.69) is 69.0 Å². The molecule has 1 fully saturated rings. The molecular weight excluding hydrogens is 270 g/mol. The van der Waals surface area contributed by atoms with E-state index in [1.165, 1.54) is 5.69 Å². The molecule has 1 aliphatic rings. The minimum absolute atomic E-state index is 0.238. The zero-order chi connectivity index (χ0) is 16.1.